The van der Waals surface area contributed by atoms with E-state index in [0.29, 0.717) is 12.0 Å². The number of methoxy groups -OCH3 is 1. The number of allylic oxidation sites excluding steroid dienone is 1. The number of carbonyl (C=O) groups is 2. The van der Waals surface area contributed by atoms with Crippen molar-refractivity contribution in [1.29, 1.82) is 0 Å². The molecule has 0 fully saturated rings. The van der Waals surface area contributed by atoms with Gasteiger partial charge in [-0.25, -0.2) is 4.79 Å². The maximum absolute atomic E-state index is 12.1. The quantitative estimate of drug-likeness (QED) is 0.448. The minimum atomic E-state index is -0.550. The molecule has 2 aromatic carbocycles. The minimum absolute atomic E-state index is 0.140. The van der Waals surface area contributed by atoms with Gasteiger partial charge in [0.05, 0.1) is 7.11 Å². The molecule has 5 heteroatoms. The maximum atomic E-state index is 12.1. The van der Waals surface area contributed by atoms with E-state index in [0.717, 1.165) is 10.0 Å². The first-order chi connectivity index (χ1) is 11.6. The molecule has 0 saturated heterocycles. The molecule has 1 atom stereocenters. The van der Waals surface area contributed by atoms with Gasteiger partial charge in [-0.2, -0.15) is 0 Å². The van der Waals surface area contributed by atoms with Crippen molar-refractivity contribution in [2.24, 2.45) is 0 Å². The Kier molecular flexibility index (Phi) is 6.75. The zero-order valence-electron chi connectivity index (χ0n) is 13.2. The Balaban J connectivity index is 2.00. The van der Waals surface area contributed by atoms with Gasteiger partial charge in [-0.3, -0.25) is 4.79 Å². The van der Waals surface area contributed by atoms with E-state index in [9.17, 15) is 9.59 Å². The first kappa shape index (κ1) is 17.9. The van der Waals surface area contributed by atoms with Crippen molar-refractivity contribution in [2.75, 3.05) is 7.11 Å². The van der Waals surface area contributed by atoms with Gasteiger partial charge in [-0.15, -0.1) is 0 Å². The van der Waals surface area contributed by atoms with Crippen LogP contribution in [0.1, 0.15) is 15.9 Å². The fraction of sp³-hybridized carbons (Fsp3) is 0.158. The number of esters is 1. The molecule has 0 spiro atoms. The lowest BCUT2D eigenvalue weighted by atomic mass is 10.1. The number of benzene rings is 2. The van der Waals surface area contributed by atoms with Crippen LogP contribution in [0.4, 0.5) is 0 Å². The summed E-state index contributed by atoms with van der Waals surface area (Å²) in [4.78, 5) is 24.0. The Hall–Kier alpha value is -2.40. The smallest absolute Gasteiger partial charge is 0.328 e. The van der Waals surface area contributed by atoms with Crippen LogP contribution in [0, 0.1) is 0 Å². The van der Waals surface area contributed by atoms with Gasteiger partial charge in [0.15, 0.2) is 5.78 Å². The molecule has 0 aliphatic carbocycles. The van der Waals surface area contributed by atoms with Crippen LogP contribution in [-0.4, -0.2) is 24.9 Å². The van der Waals surface area contributed by atoms with Crippen molar-refractivity contribution >= 4 is 27.7 Å². The Labute approximate surface area is 149 Å². The van der Waals surface area contributed by atoms with E-state index >= 15 is 0 Å². The Morgan fingerprint density at radius 3 is 2.42 bits per heavy atom. The van der Waals surface area contributed by atoms with Crippen LogP contribution < -0.4 is 5.32 Å². The average Bonchev–Trinajstić information content (AvgIpc) is 2.61. The third kappa shape index (κ3) is 5.35. The van der Waals surface area contributed by atoms with E-state index in [1.165, 1.54) is 19.4 Å². The largest absolute Gasteiger partial charge is 0.467 e. The molecule has 1 N–H and O–H groups in total. The third-order valence-electron chi connectivity index (χ3n) is 3.43. The van der Waals surface area contributed by atoms with Crippen molar-refractivity contribution in [3.8, 4) is 0 Å². The van der Waals surface area contributed by atoms with E-state index < -0.39 is 6.04 Å². The van der Waals surface area contributed by atoms with Crippen LogP contribution in [0.2, 0.25) is 0 Å². The molecule has 2 aromatic rings. The lowest BCUT2D eigenvalue weighted by Gasteiger charge is -2.14. The molecule has 0 aromatic heterocycles. The number of nitrogens with one attached hydrogen (secondary N) is 1. The van der Waals surface area contributed by atoms with E-state index in [-0.39, 0.29) is 11.8 Å². The monoisotopic (exact) mass is 387 g/mol. The number of ether oxygens (including phenoxy) is 1. The molecular formula is C19H18BrNO3. The molecule has 1 unspecified atom stereocenters. The number of hydrogen-bond donors (Lipinski definition) is 1. The van der Waals surface area contributed by atoms with Gasteiger partial charge in [0, 0.05) is 28.7 Å². The lowest BCUT2D eigenvalue weighted by Crippen LogP contribution is -2.36. The topological polar surface area (TPSA) is 55.4 Å². The summed E-state index contributed by atoms with van der Waals surface area (Å²) in [5.74, 6) is -0.516. The molecule has 0 bridgehead atoms. The number of hydrogen-bond acceptors (Lipinski definition) is 4. The molecule has 0 aliphatic heterocycles. The highest BCUT2D eigenvalue weighted by molar-refractivity contribution is 9.10. The van der Waals surface area contributed by atoms with Crippen LogP contribution in [0.5, 0.6) is 0 Å². The van der Waals surface area contributed by atoms with E-state index in [2.05, 4.69) is 21.2 Å². The van der Waals surface area contributed by atoms with Gasteiger partial charge in [0.1, 0.15) is 6.04 Å². The fourth-order valence-electron chi connectivity index (χ4n) is 2.15. The first-order valence-corrected chi connectivity index (χ1v) is 8.23. The highest BCUT2D eigenvalue weighted by atomic mass is 79.9. The predicted molar refractivity (Wildman–Crippen MR) is 96.7 cm³/mol. The lowest BCUT2D eigenvalue weighted by molar-refractivity contribution is -0.142. The van der Waals surface area contributed by atoms with Crippen molar-refractivity contribution in [3.63, 3.8) is 0 Å². The second kappa shape index (κ2) is 9.03. The molecule has 0 saturated carbocycles. The normalized spacial score (nSPS) is 11.9. The molecule has 4 nitrogen and oxygen atoms in total. The maximum Gasteiger partial charge on any atom is 0.328 e. The second-order valence-electron chi connectivity index (χ2n) is 5.14. The zero-order valence-corrected chi connectivity index (χ0v) is 14.8. The minimum Gasteiger partial charge on any atom is -0.467 e. The van der Waals surface area contributed by atoms with Gasteiger partial charge in [0.2, 0.25) is 0 Å². The van der Waals surface area contributed by atoms with Crippen molar-refractivity contribution < 1.29 is 14.3 Å². The van der Waals surface area contributed by atoms with Gasteiger partial charge >= 0.3 is 5.97 Å². The van der Waals surface area contributed by atoms with E-state index in [4.69, 9.17) is 4.74 Å². The number of carbonyl (C=O) groups excluding carboxylic acids is 2. The Morgan fingerprint density at radius 1 is 1.12 bits per heavy atom. The standard InChI is InChI=1S/C19H18BrNO3/c1-24-19(23)17(13-14-5-3-2-4-6-14)21-12-11-18(22)15-7-9-16(20)10-8-15/h2-12,17,21H,13H2,1H3. The summed E-state index contributed by atoms with van der Waals surface area (Å²) in [6.07, 6.45) is 3.38. The highest BCUT2D eigenvalue weighted by Crippen LogP contribution is 2.11. The van der Waals surface area contributed by atoms with Crippen LogP contribution in [-0.2, 0) is 16.0 Å². The SMILES string of the molecule is COC(=O)C(Cc1ccccc1)NC=CC(=O)c1ccc(Br)cc1. The predicted octanol–water partition coefficient (Wildman–Crippen LogP) is 3.52. The van der Waals surface area contributed by atoms with Crippen molar-refractivity contribution in [2.45, 2.75) is 12.5 Å². The molecule has 124 valence electrons. The summed E-state index contributed by atoms with van der Waals surface area (Å²) in [7, 11) is 1.35. The van der Waals surface area contributed by atoms with Gasteiger partial charge in [-0.05, 0) is 29.8 Å². The van der Waals surface area contributed by atoms with Crippen LogP contribution >= 0.6 is 15.9 Å². The van der Waals surface area contributed by atoms with Gasteiger partial charge in [-0.1, -0.05) is 46.3 Å². The number of halogens is 1. The van der Waals surface area contributed by atoms with Crippen molar-refractivity contribution in [3.05, 3.63) is 82.5 Å². The third-order valence-corrected chi connectivity index (χ3v) is 3.96. The summed E-state index contributed by atoms with van der Waals surface area (Å²) in [5, 5.41) is 2.95. The molecule has 0 aliphatic rings. The highest BCUT2D eigenvalue weighted by Gasteiger charge is 2.17. The summed E-state index contributed by atoms with van der Waals surface area (Å²) >= 11 is 3.33. The first-order valence-electron chi connectivity index (χ1n) is 7.44. The van der Waals surface area contributed by atoms with Gasteiger partial charge in [0.25, 0.3) is 0 Å². The summed E-state index contributed by atoms with van der Waals surface area (Å²) in [6.45, 7) is 0. The Bertz CT molecular complexity index is 711. The van der Waals surface area contributed by atoms with E-state index in [1.807, 2.05) is 30.3 Å². The average molecular weight is 388 g/mol. The summed E-state index contributed by atoms with van der Waals surface area (Å²) in [6, 6.07) is 16.2. The van der Waals surface area contributed by atoms with Crippen molar-refractivity contribution in [1.82, 2.24) is 5.32 Å². The zero-order chi connectivity index (χ0) is 17.4. The Morgan fingerprint density at radius 2 is 1.79 bits per heavy atom. The molecule has 24 heavy (non-hydrogen) atoms. The molecule has 0 amide bonds. The summed E-state index contributed by atoms with van der Waals surface area (Å²) < 4.78 is 5.73. The second-order valence-corrected chi connectivity index (χ2v) is 6.05. The van der Waals surface area contributed by atoms with Crippen LogP contribution in [0.15, 0.2) is 71.3 Å². The molecule has 0 radical (unpaired) electrons. The fourth-order valence-corrected chi connectivity index (χ4v) is 2.42. The molecule has 0 heterocycles. The van der Waals surface area contributed by atoms with Crippen LogP contribution in [0.3, 0.4) is 0 Å². The summed E-state index contributed by atoms with van der Waals surface area (Å²) in [5.41, 5.74) is 1.59. The van der Waals surface area contributed by atoms with Gasteiger partial charge < -0.3 is 10.1 Å². The number of rotatable bonds is 7. The molecular weight excluding hydrogens is 370 g/mol. The number of ketones is 1. The van der Waals surface area contributed by atoms with E-state index in [1.54, 1.807) is 24.3 Å². The molecule has 2 rings (SSSR count). The van der Waals surface area contributed by atoms with Crippen LogP contribution in [0.25, 0.3) is 0 Å².